The van der Waals surface area contributed by atoms with Crippen LogP contribution in [-0.4, -0.2) is 43.5 Å². The Labute approximate surface area is 124 Å². The highest BCUT2D eigenvalue weighted by Gasteiger charge is 2.25. The van der Waals surface area contributed by atoms with Crippen LogP contribution in [0.25, 0.3) is 0 Å². The Morgan fingerprint density at radius 2 is 1.90 bits per heavy atom. The van der Waals surface area contributed by atoms with Crippen LogP contribution in [-0.2, 0) is 4.79 Å². The van der Waals surface area contributed by atoms with Crippen LogP contribution < -0.4 is 11.1 Å². The first-order valence-corrected chi connectivity index (χ1v) is 8.22. The van der Waals surface area contributed by atoms with E-state index in [4.69, 9.17) is 5.73 Å². The number of rotatable bonds is 8. The molecule has 4 heteroatoms. The molecule has 0 aromatic rings. The lowest BCUT2D eigenvalue weighted by molar-refractivity contribution is -0.126. The van der Waals surface area contributed by atoms with Crippen LogP contribution in [0.2, 0.25) is 0 Å². The first-order chi connectivity index (χ1) is 9.54. The summed E-state index contributed by atoms with van der Waals surface area (Å²) in [7, 11) is 2.15. The predicted octanol–water partition coefficient (Wildman–Crippen LogP) is 1.99. The summed E-state index contributed by atoms with van der Waals surface area (Å²) in [5, 5.41) is 3.10. The molecule has 4 nitrogen and oxygen atoms in total. The van der Waals surface area contributed by atoms with Crippen molar-refractivity contribution in [2.45, 2.75) is 58.4 Å². The maximum atomic E-state index is 12.0. The van der Waals surface area contributed by atoms with Gasteiger partial charge in [0.25, 0.3) is 0 Å². The molecule has 1 rings (SSSR count). The fourth-order valence-corrected chi connectivity index (χ4v) is 2.76. The van der Waals surface area contributed by atoms with Gasteiger partial charge in [0.15, 0.2) is 0 Å². The SMILES string of the molecule is CC(C)N(C)CCCCNC(=O)C1CCC(CN)CC1. The number of unbranched alkanes of at least 4 members (excludes halogenated alkanes) is 1. The largest absolute Gasteiger partial charge is 0.356 e. The molecule has 3 N–H and O–H groups in total. The van der Waals surface area contributed by atoms with Crippen molar-refractivity contribution < 1.29 is 4.79 Å². The zero-order valence-corrected chi connectivity index (χ0v) is 13.5. The molecule has 1 aliphatic carbocycles. The minimum Gasteiger partial charge on any atom is -0.356 e. The molecule has 0 radical (unpaired) electrons. The smallest absolute Gasteiger partial charge is 0.223 e. The molecule has 0 atom stereocenters. The average Bonchev–Trinajstić information content (AvgIpc) is 2.46. The maximum absolute atomic E-state index is 12.0. The Morgan fingerprint density at radius 1 is 1.25 bits per heavy atom. The molecule has 0 aromatic heterocycles. The van der Waals surface area contributed by atoms with Gasteiger partial charge in [0, 0.05) is 18.5 Å². The molecule has 0 aliphatic heterocycles. The number of nitrogens with zero attached hydrogens (tertiary/aromatic N) is 1. The van der Waals surface area contributed by atoms with Gasteiger partial charge in [-0.15, -0.1) is 0 Å². The first-order valence-electron chi connectivity index (χ1n) is 8.22. The number of nitrogens with two attached hydrogens (primary N) is 1. The number of hydrogen-bond donors (Lipinski definition) is 2. The van der Waals surface area contributed by atoms with Gasteiger partial charge in [0.05, 0.1) is 0 Å². The molecule has 0 aromatic carbocycles. The Bertz CT molecular complexity index is 273. The molecule has 1 saturated carbocycles. The summed E-state index contributed by atoms with van der Waals surface area (Å²) in [6.07, 6.45) is 6.49. The minimum absolute atomic E-state index is 0.233. The van der Waals surface area contributed by atoms with Gasteiger partial charge in [-0.05, 0) is 78.4 Å². The van der Waals surface area contributed by atoms with Gasteiger partial charge in [0.1, 0.15) is 0 Å². The van der Waals surface area contributed by atoms with E-state index in [9.17, 15) is 4.79 Å². The van der Waals surface area contributed by atoms with Crippen LogP contribution >= 0.6 is 0 Å². The number of hydrogen-bond acceptors (Lipinski definition) is 3. The molecular formula is C16H33N3O. The molecule has 0 spiro atoms. The van der Waals surface area contributed by atoms with E-state index in [1.807, 2.05) is 0 Å². The number of nitrogens with one attached hydrogen (secondary N) is 1. The van der Waals surface area contributed by atoms with E-state index in [0.717, 1.165) is 58.2 Å². The summed E-state index contributed by atoms with van der Waals surface area (Å²) < 4.78 is 0. The third-order valence-electron chi connectivity index (χ3n) is 4.67. The second kappa shape index (κ2) is 9.35. The van der Waals surface area contributed by atoms with Crippen molar-refractivity contribution in [3.05, 3.63) is 0 Å². The lowest BCUT2D eigenvalue weighted by Crippen LogP contribution is -2.35. The fraction of sp³-hybridized carbons (Fsp3) is 0.938. The van der Waals surface area contributed by atoms with Gasteiger partial charge < -0.3 is 16.0 Å². The molecule has 1 amide bonds. The van der Waals surface area contributed by atoms with Crippen LogP contribution in [0.4, 0.5) is 0 Å². The second-order valence-electron chi connectivity index (χ2n) is 6.53. The lowest BCUT2D eigenvalue weighted by Gasteiger charge is -2.26. The maximum Gasteiger partial charge on any atom is 0.223 e. The highest BCUT2D eigenvalue weighted by molar-refractivity contribution is 5.78. The van der Waals surface area contributed by atoms with Crippen molar-refractivity contribution in [3.63, 3.8) is 0 Å². The molecular weight excluding hydrogens is 250 g/mol. The Balaban J connectivity index is 2.06. The van der Waals surface area contributed by atoms with Crippen molar-refractivity contribution in [3.8, 4) is 0 Å². The second-order valence-corrected chi connectivity index (χ2v) is 6.53. The van der Waals surface area contributed by atoms with E-state index in [0.29, 0.717) is 12.0 Å². The standard InChI is InChI=1S/C16H33N3O/c1-13(2)19(3)11-5-4-10-18-16(20)15-8-6-14(12-17)7-9-15/h13-15H,4-12,17H2,1-3H3,(H,18,20). The fourth-order valence-electron chi connectivity index (χ4n) is 2.76. The Kier molecular flexibility index (Phi) is 8.15. The highest BCUT2D eigenvalue weighted by Crippen LogP contribution is 2.28. The van der Waals surface area contributed by atoms with Gasteiger partial charge in [-0.3, -0.25) is 4.79 Å². The number of amides is 1. The monoisotopic (exact) mass is 283 g/mol. The van der Waals surface area contributed by atoms with Gasteiger partial charge in [-0.25, -0.2) is 0 Å². The summed E-state index contributed by atoms with van der Waals surface area (Å²) >= 11 is 0. The number of carbonyl (C=O) groups excluding carboxylic acids is 1. The van der Waals surface area contributed by atoms with Crippen LogP contribution in [0.5, 0.6) is 0 Å². The van der Waals surface area contributed by atoms with Gasteiger partial charge in [-0.1, -0.05) is 0 Å². The van der Waals surface area contributed by atoms with Crippen LogP contribution in [0.1, 0.15) is 52.4 Å². The van der Waals surface area contributed by atoms with E-state index in [1.54, 1.807) is 0 Å². The molecule has 0 unspecified atom stereocenters. The van der Waals surface area contributed by atoms with Gasteiger partial charge in [0.2, 0.25) is 5.91 Å². The normalized spacial score (nSPS) is 23.3. The van der Waals surface area contributed by atoms with Gasteiger partial charge in [-0.2, -0.15) is 0 Å². The molecule has 1 aliphatic rings. The summed E-state index contributed by atoms with van der Waals surface area (Å²) in [6.45, 7) is 7.12. The highest BCUT2D eigenvalue weighted by atomic mass is 16.1. The Hall–Kier alpha value is -0.610. The third kappa shape index (κ3) is 6.23. The molecule has 118 valence electrons. The van der Waals surface area contributed by atoms with Crippen LogP contribution in [0.15, 0.2) is 0 Å². The van der Waals surface area contributed by atoms with E-state index >= 15 is 0 Å². The molecule has 0 bridgehead atoms. The summed E-state index contributed by atoms with van der Waals surface area (Å²) in [5.41, 5.74) is 5.68. The summed E-state index contributed by atoms with van der Waals surface area (Å²) in [4.78, 5) is 14.4. The quantitative estimate of drug-likeness (QED) is 0.670. The molecule has 1 fully saturated rings. The third-order valence-corrected chi connectivity index (χ3v) is 4.67. The van der Waals surface area contributed by atoms with Crippen molar-refractivity contribution in [1.82, 2.24) is 10.2 Å². The van der Waals surface area contributed by atoms with E-state index < -0.39 is 0 Å². The van der Waals surface area contributed by atoms with Crippen molar-refractivity contribution in [2.75, 3.05) is 26.7 Å². The van der Waals surface area contributed by atoms with Crippen molar-refractivity contribution >= 4 is 5.91 Å². The zero-order chi connectivity index (χ0) is 15.0. The van der Waals surface area contributed by atoms with Crippen molar-refractivity contribution in [1.29, 1.82) is 0 Å². The molecule has 20 heavy (non-hydrogen) atoms. The van der Waals surface area contributed by atoms with Crippen LogP contribution in [0.3, 0.4) is 0 Å². The summed E-state index contributed by atoms with van der Waals surface area (Å²) in [5.74, 6) is 1.14. The van der Waals surface area contributed by atoms with Crippen LogP contribution in [0, 0.1) is 11.8 Å². The van der Waals surface area contributed by atoms with Gasteiger partial charge >= 0.3 is 0 Å². The van der Waals surface area contributed by atoms with E-state index in [2.05, 4.69) is 31.1 Å². The van der Waals surface area contributed by atoms with Crippen molar-refractivity contribution in [2.24, 2.45) is 17.6 Å². The predicted molar refractivity (Wildman–Crippen MR) is 84.5 cm³/mol. The minimum atomic E-state index is 0.233. The average molecular weight is 283 g/mol. The molecule has 0 heterocycles. The first kappa shape index (κ1) is 17.4. The van der Waals surface area contributed by atoms with E-state index in [-0.39, 0.29) is 11.8 Å². The lowest BCUT2D eigenvalue weighted by atomic mass is 9.81. The topological polar surface area (TPSA) is 58.4 Å². The zero-order valence-electron chi connectivity index (χ0n) is 13.5. The number of carbonyl (C=O) groups is 1. The van der Waals surface area contributed by atoms with E-state index in [1.165, 1.54) is 0 Å². The molecule has 0 saturated heterocycles. The Morgan fingerprint density at radius 3 is 2.45 bits per heavy atom. The summed E-state index contributed by atoms with van der Waals surface area (Å²) in [6, 6.07) is 0.599.